The first-order valence-electron chi connectivity index (χ1n) is 8.57. The molecular formula is C16H28N2O6. The average molecular weight is 344 g/mol. The van der Waals surface area contributed by atoms with Crippen LogP contribution < -0.4 is 5.32 Å². The molecule has 8 heteroatoms. The van der Waals surface area contributed by atoms with Crippen LogP contribution in [0.5, 0.6) is 0 Å². The van der Waals surface area contributed by atoms with Gasteiger partial charge >= 0.3 is 0 Å². The lowest BCUT2D eigenvalue weighted by atomic mass is 9.95. The second-order valence-corrected chi connectivity index (χ2v) is 6.44. The Morgan fingerprint density at radius 1 is 1.17 bits per heavy atom. The van der Waals surface area contributed by atoms with E-state index >= 15 is 0 Å². The van der Waals surface area contributed by atoms with E-state index in [1.807, 2.05) is 0 Å². The number of nitrogens with one attached hydrogen (secondary N) is 1. The van der Waals surface area contributed by atoms with Gasteiger partial charge in [0.15, 0.2) is 0 Å². The number of likely N-dealkylation sites (tertiary alicyclic amines) is 1. The van der Waals surface area contributed by atoms with Crippen LogP contribution in [-0.2, 0) is 19.1 Å². The number of methoxy groups -OCH3 is 1. The Balaban J connectivity index is 1.92. The van der Waals surface area contributed by atoms with E-state index in [9.17, 15) is 19.8 Å². The van der Waals surface area contributed by atoms with Gasteiger partial charge in [-0.15, -0.1) is 0 Å². The molecule has 24 heavy (non-hydrogen) atoms. The largest absolute Gasteiger partial charge is 0.388 e. The number of nitrogens with zero attached hydrogens (tertiary/aromatic N) is 1. The maximum Gasteiger partial charge on any atom is 0.249 e. The first-order valence-corrected chi connectivity index (χ1v) is 8.57. The summed E-state index contributed by atoms with van der Waals surface area (Å²) in [7, 11) is 1.53. The quantitative estimate of drug-likeness (QED) is 0.513. The molecule has 1 saturated heterocycles. The van der Waals surface area contributed by atoms with Crippen molar-refractivity contribution < 1.29 is 29.3 Å². The van der Waals surface area contributed by atoms with Crippen molar-refractivity contribution in [3.8, 4) is 0 Å². The van der Waals surface area contributed by atoms with Crippen LogP contribution in [0.2, 0.25) is 0 Å². The summed E-state index contributed by atoms with van der Waals surface area (Å²) in [5.41, 5.74) is 0. The Bertz CT molecular complexity index is 427. The van der Waals surface area contributed by atoms with Gasteiger partial charge in [-0.05, 0) is 12.8 Å². The molecular weight excluding hydrogens is 316 g/mol. The second-order valence-electron chi connectivity index (χ2n) is 6.44. The van der Waals surface area contributed by atoms with Crippen molar-refractivity contribution in [2.45, 2.75) is 56.4 Å². The Morgan fingerprint density at radius 2 is 1.88 bits per heavy atom. The molecule has 0 radical (unpaired) electrons. The van der Waals surface area contributed by atoms with Crippen molar-refractivity contribution in [2.24, 2.45) is 0 Å². The Hall–Kier alpha value is -1.22. The summed E-state index contributed by atoms with van der Waals surface area (Å²) >= 11 is 0. The highest BCUT2D eigenvalue weighted by molar-refractivity contribution is 5.89. The van der Waals surface area contributed by atoms with Crippen molar-refractivity contribution in [3.05, 3.63) is 0 Å². The van der Waals surface area contributed by atoms with Crippen molar-refractivity contribution >= 4 is 11.8 Å². The zero-order valence-electron chi connectivity index (χ0n) is 14.1. The van der Waals surface area contributed by atoms with Gasteiger partial charge in [0.05, 0.1) is 25.9 Å². The molecule has 2 fully saturated rings. The molecule has 0 aromatic carbocycles. The normalized spacial score (nSPS) is 28.1. The summed E-state index contributed by atoms with van der Waals surface area (Å²) in [6.45, 7) is 0.344. The predicted octanol–water partition coefficient (Wildman–Crippen LogP) is -0.969. The number of hydrogen-bond donors (Lipinski definition) is 3. The maximum atomic E-state index is 12.5. The Labute approximate surface area is 142 Å². The standard InChI is InChI=1S/C16H28N2O6/c1-23-7-8-24-10-13(20)18-9-12(19)15(21)14(18)16(22)17-11-5-3-2-4-6-11/h11-12,14-15,19,21H,2-10H2,1H3,(H,17,22)/t12-,14-,15-/m0/s1. The highest BCUT2D eigenvalue weighted by atomic mass is 16.5. The SMILES string of the molecule is COCCOCC(=O)N1C[C@H](O)[C@H](O)[C@H]1C(=O)NC1CCCCC1. The average Bonchev–Trinajstić information content (AvgIpc) is 2.88. The fraction of sp³-hybridized carbons (Fsp3) is 0.875. The summed E-state index contributed by atoms with van der Waals surface area (Å²) in [6.07, 6.45) is 2.70. The highest BCUT2D eigenvalue weighted by Gasteiger charge is 2.46. The lowest BCUT2D eigenvalue weighted by Crippen LogP contribution is -2.53. The van der Waals surface area contributed by atoms with Gasteiger partial charge in [0.2, 0.25) is 11.8 Å². The van der Waals surface area contributed by atoms with Crippen molar-refractivity contribution in [1.29, 1.82) is 0 Å². The summed E-state index contributed by atoms with van der Waals surface area (Å²) in [5, 5.41) is 22.9. The van der Waals surface area contributed by atoms with Crippen molar-refractivity contribution in [1.82, 2.24) is 10.2 Å². The van der Waals surface area contributed by atoms with Crippen LogP contribution in [0.3, 0.4) is 0 Å². The molecule has 3 N–H and O–H groups in total. The highest BCUT2D eigenvalue weighted by Crippen LogP contribution is 2.22. The van der Waals surface area contributed by atoms with Gasteiger partial charge < -0.3 is 29.9 Å². The topological polar surface area (TPSA) is 108 Å². The van der Waals surface area contributed by atoms with Crippen LogP contribution in [0, 0.1) is 0 Å². The van der Waals surface area contributed by atoms with E-state index in [0.29, 0.717) is 6.61 Å². The third kappa shape index (κ3) is 4.89. The van der Waals surface area contributed by atoms with Gasteiger partial charge in [0.25, 0.3) is 0 Å². The van der Waals surface area contributed by atoms with Crippen LogP contribution in [0.1, 0.15) is 32.1 Å². The van der Waals surface area contributed by atoms with Gasteiger partial charge in [-0.3, -0.25) is 9.59 Å². The number of carbonyl (C=O) groups is 2. The molecule has 1 heterocycles. The molecule has 0 unspecified atom stereocenters. The first-order chi connectivity index (χ1) is 11.5. The fourth-order valence-corrected chi connectivity index (χ4v) is 3.29. The molecule has 3 atom stereocenters. The second kappa shape index (κ2) is 9.31. The molecule has 2 rings (SSSR count). The van der Waals surface area contributed by atoms with E-state index < -0.39 is 30.1 Å². The molecule has 0 aromatic heterocycles. The predicted molar refractivity (Wildman–Crippen MR) is 85.2 cm³/mol. The number of aliphatic hydroxyl groups excluding tert-OH is 2. The number of rotatable bonds is 7. The van der Waals surface area contributed by atoms with Gasteiger partial charge in [-0.1, -0.05) is 19.3 Å². The molecule has 0 aromatic rings. The minimum absolute atomic E-state index is 0.0730. The third-order valence-electron chi connectivity index (χ3n) is 4.64. The van der Waals surface area contributed by atoms with Gasteiger partial charge in [-0.2, -0.15) is 0 Å². The number of carbonyl (C=O) groups excluding carboxylic acids is 2. The van der Waals surface area contributed by atoms with Crippen molar-refractivity contribution in [2.75, 3.05) is 33.5 Å². The van der Waals surface area contributed by atoms with E-state index in [2.05, 4.69) is 5.32 Å². The van der Waals surface area contributed by atoms with Gasteiger partial charge in [0.1, 0.15) is 18.8 Å². The summed E-state index contributed by atoms with van der Waals surface area (Å²) in [4.78, 5) is 26.0. The van der Waals surface area contributed by atoms with E-state index in [0.717, 1.165) is 25.7 Å². The molecule has 2 aliphatic rings. The molecule has 2 amide bonds. The van der Waals surface area contributed by atoms with Crippen LogP contribution in [-0.4, -0.2) is 84.7 Å². The van der Waals surface area contributed by atoms with E-state index in [4.69, 9.17) is 9.47 Å². The van der Waals surface area contributed by atoms with E-state index in [-0.39, 0.29) is 25.8 Å². The minimum Gasteiger partial charge on any atom is -0.388 e. The maximum absolute atomic E-state index is 12.5. The van der Waals surface area contributed by atoms with Crippen LogP contribution >= 0.6 is 0 Å². The molecule has 1 saturated carbocycles. The summed E-state index contributed by atoms with van der Waals surface area (Å²) in [5.74, 6) is -0.832. The summed E-state index contributed by atoms with van der Waals surface area (Å²) < 4.78 is 10.0. The molecule has 8 nitrogen and oxygen atoms in total. The summed E-state index contributed by atoms with van der Waals surface area (Å²) in [6, 6.07) is -0.994. The zero-order valence-corrected chi connectivity index (χ0v) is 14.1. The fourth-order valence-electron chi connectivity index (χ4n) is 3.29. The number of ether oxygens (including phenoxy) is 2. The molecule has 138 valence electrons. The smallest absolute Gasteiger partial charge is 0.249 e. The lowest BCUT2D eigenvalue weighted by Gasteiger charge is -2.29. The molecule has 1 aliphatic heterocycles. The number of hydrogen-bond acceptors (Lipinski definition) is 6. The van der Waals surface area contributed by atoms with E-state index in [1.165, 1.54) is 18.4 Å². The Morgan fingerprint density at radius 3 is 2.54 bits per heavy atom. The van der Waals surface area contributed by atoms with Crippen LogP contribution in [0.4, 0.5) is 0 Å². The Kier molecular flexibility index (Phi) is 7.41. The van der Waals surface area contributed by atoms with E-state index in [1.54, 1.807) is 0 Å². The van der Waals surface area contributed by atoms with Crippen LogP contribution in [0.15, 0.2) is 0 Å². The first kappa shape index (κ1) is 19.1. The zero-order chi connectivity index (χ0) is 17.5. The number of aliphatic hydroxyl groups is 2. The lowest BCUT2D eigenvalue weighted by molar-refractivity contribution is -0.144. The van der Waals surface area contributed by atoms with Gasteiger partial charge in [0, 0.05) is 13.2 Å². The van der Waals surface area contributed by atoms with Gasteiger partial charge in [-0.25, -0.2) is 0 Å². The number of β-amino-alcohol motifs (C(OH)–C–C–N with tert-alkyl or cyclic N) is 1. The molecule has 0 bridgehead atoms. The van der Waals surface area contributed by atoms with Crippen molar-refractivity contribution in [3.63, 3.8) is 0 Å². The molecule has 1 aliphatic carbocycles. The van der Waals surface area contributed by atoms with Crippen LogP contribution in [0.25, 0.3) is 0 Å². The number of amides is 2. The minimum atomic E-state index is -1.28. The molecule has 0 spiro atoms. The monoisotopic (exact) mass is 344 g/mol. The third-order valence-corrected chi connectivity index (χ3v) is 4.64.